The van der Waals surface area contributed by atoms with E-state index < -0.39 is 0 Å². The molecular weight excluding hydrogens is 429 g/mol. The fourth-order valence-electron chi connectivity index (χ4n) is 3.51. The van der Waals surface area contributed by atoms with E-state index in [2.05, 4.69) is 21.4 Å². The first kappa shape index (κ1) is 21.5. The highest BCUT2D eigenvalue weighted by Gasteiger charge is 2.22. The first-order valence-electron chi connectivity index (χ1n) is 9.98. The molecule has 2 heterocycles. The highest BCUT2D eigenvalue weighted by Crippen LogP contribution is 2.39. The van der Waals surface area contributed by atoms with E-state index in [1.165, 1.54) is 41.6 Å². The van der Waals surface area contributed by atoms with Crippen LogP contribution in [0.1, 0.15) is 24.5 Å². The van der Waals surface area contributed by atoms with Gasteiger partial charge in [-0.2, -0.15) is 0 Å². The van der Waals surface area contributed by atoms with Crippen molar-refractivity contribution in [1.82, 2.24) is 9.97 Å². The molecule has 0 aliphatic rings. The number of fused-ring (bicyclic) bond motifs is 1. The topological polar surface area (TPSA) is 54.9 Å². The second-order valence-electron chi connectivity index (χ2n) is 7.40. The first-order valence-corrected chi connectivity index (χ1v) is 11.7. The van der Waals surface area contributed by atoms with Crippen LogP contribution in [0.3, 0.4) is 0 Å². The quantitative estimate of drug-likeness (QED) is 0.264. The summed E-state index contributed by atoms with van der Waals surface area (Å²) in [5, 5.41) is 6.41. The number of rotatable bonds is 6. The van der Waals surface area contributed by atoms with Crippen LogP contribution in [0, 0.1) is 19.7 Å². The van der Waals surface area contributed by atoms with Crippen molar-refractivity contribution < 1.29 is 9.18 Å². The molecule has 0 bridgehead atoms. The predicted octanol–water partition coefficient (Wildman–Crippen LogP) is 6.62. The Kier molecular flexibility index (Phi) is 6.34. The lowest BCUT2D eigenvalue weighted by atomic mass is 10.1. The zero-order valence-electron chi connectivity index (χ0n) is 17.5. The molecule has 4 aromatic rings. The third kappa shape index (κ3) is 4.78. The molecule has 4 nitrogen and oxygen atoms in total. The lowest BCUT2D eigenvalue weighted by Crippen LogP contribution is -2.24. The number of benzene rings is 2. The average molecular weight is 452 g/mol. The van der Waals surface area contributed by atoms with Crippen LogP contribution in [-0.2, 0) is 4.79 Å². The number of anilines is 1. The van der Waals surface area contributed by atoms with Crippen LogP contribution in [0.2, 0.25) is 0 Å². The molecule has 2 aromatic carbocycles. The first-order chi connectivity index (χ1) is 14.9. The number of carbonyl (C=O) groups excluding carboxylic acids is 1. The van der Waals surface area contributed by atoms with E-state index in [0.29, 0.717) is 6.42 Å². The number of amides is 1. The van der Waals surface area contributed by atoms with Crippen LogP contribution in [-0.4, -0.2) is 21.1 Å². The Morgan fingerprint density at radius 2 is 1.84 bits per heavy atom. The molecule has 0 aliphatic heterocycles. The van der Waals surface area contributed by atoms with Crippen molar-refractivity contribution in [3.05, 3.63) is 71.1 Å². The fourth-order valence-corrected chi connectivity index (χ4v) is 5.52. The van der Waals surface area contributed by atoms with Crippen LogP contribution < -0.4 is 5.32 Å². The number of halogens is 1. The summed E-state index contributed by atoms with van der Waals surface area (Å²) in [6.45, 7) is 6.02. The number of thiophene rings is 1. The molecule has 0 fully saturated rings. The number of carbonyl (C=O) groups is 1. The summed E-state index contributed by atoms with van der Waals surface area (Å²) in [6, 6.07) is 12.4. The molecule has 7 heteroatoms. The number of aromatic nitrogens is 2. The number of hydrogen-bond donors (Lipinski definition) is 1. The van der Waals surface area contributed by atoms with Crippen molar-refractivity contribution in [3.8, 4) is 11.1 Å². The summed E-state index contributed by atoms with van der Waals surface area (Å²) in [4.78, 5) is 22.8. The number of aryl methyl sites for hydroxylation is 2. The van der Waals surface area contributed by atoms with E-state index >= 15 is 0 Å². The van der Waals surface area contributed by atoms with Gasteiger partial charge in [0.15, 0.2) is 0 Å². The highest BCUT2D eigenvalue weighted by molar-refractivity contribution is 8.00. The van der Waals surface area contributed by atoms with Crippen LogP contribution in [0.25, 0.3) is 21.3 Å². The molecule has 0 radical (unpaired) electrons. The molecule has 4 rings (SSSR count). The molecule has 1 N–H and O–H groups in total. The monoisotopic (exact) mass is 451 g/mol. The molecule has 158 valence electrons. The molecule has 1 amide bonds. The number of nitrogens with zero attached hydrogens (tertiary/aromatic N) is 2. The van der Waals surface area contributed by atoms with Gasteiger partial charge in [0.25, 0.3) is 0 Å². The van der Waals surface area contributed by atoms with E-state index in [9.17, 15) is 9.18 Å². The fraction of sp³-hybridized carbons (Fsp3) is 0.208. The van der Waals surface area contributed by atoms with Gasteiger partial charge in [-0.25, -0.2) is 14.4 Å². The van der Waals surface area contributed by atoms with Crippen LogP contribution in [0.5, 0.6) is 0 Å². The van der Waals surface area contributed by atoms with Crippen LogP contribution >= 0.6 is 23.1 Å². The molecule has 31 heavy (non-hydrogen) atoms. The summed E-state index contributed by atoms with van der Waals surface area (Å²) >= 11 is 2.96. The maximum Gasteiger partial charge on any atom is 0.237 e. The SMILES string of the molecule is CCC(Sc1ncnc2scc(-c3ccc(F)cc3)c12)C(=O)Nc1cc(C)cc(C)c1. The van der Waals surface area contributed by atoms with Gasteiger partial charge < -0.3 is 5.32 Å². The summed E-state index contributed by atoms with van der Waals surface area (Å²) in [6.07, 6.45) is 2.19. The smallest absolute Gasteiger partial charge is 0.237 e. The zero-order chi connectivity index (χ0) is 22.0. The van der Waals surface area contributed by atoms with Crippen molar-refractivity contribution in [3.63, 3.8) is 0 Å². The van der Waals surface area contributed by atoms with Gasteiger partial charge in [-0.3, -0.25) is 4.79 Å². The van der Waals surface area contributed by atoms with E-state index in [-0.39, 0.29) is 17.0 Å². The Morgan fingerprint density at radius 3 is 2.52 bits per heavy atom. The van der Waals surface area contributed by atoms with Crippen molar-refractivity contribution in [2.75, 3.05) is 5.32 Å². The molecule has 0 saturated heterocycles. The summed E-state index contributed by atoms with van der Waals surface area (Å²) < 4.78 is 13.4. The Labute approximate surface area is 188 Å². The van der Waals surface area contributed by atoms with E-state index in [1.807, 2.05) is 38.3 Å². The summed E-state index contributed by atoms with van der Waals surface area (Å²) in [5.41, 5.74) is 4.87. The standard InChI is InChI=1S/C24H22FN3OS2/c1-4-20(22(29)28-18-10-14(2)9-15(3)11-18)31-24-21-19(12-30-23(21)26-13-27-24)16-5-7-17(25)8-6-16/h5-13,20H,4H2,1-3H3,(H,28,29). The normalized spacial score (nSPS) is 12.1. The Hall–Kier alpha value is -2.77. The predicted molar refractivity (Wildman–Crippen MR) is 127 cm³/mol. The van der Waals surface area contributed by atoms with Gasteiger partial charge in [0.1, 0.15) is 22.0 Å². The Morgan fingerprint density at radius 1 is 1.13 bits per heavy atom. The zero-order valence-corrected chi connectivity index (χ0v) is 19.1. The van der Waals surface area contributed by atoms with Gasteiger partial charge in [0.2, 0.25) is 5.91 Å². The molecular formula is C24H22FN3OS2. The third-order valence-corrected chi connectivity index (χ3v) is 7.15. The molecule has 0 spiro atoms. The van der Waals surface area contributed by atoms with Crippen molar-refractivity contribution >= 4 is 44.9 Å². The third-order valence-electron chi connectivity index (χ3n) is 4.90. The van der Waals surface area contributed by atoms with E-state index in [1.54, 1.807) is 12.1 Å². The number of hydrogen-bond acceptors (Lipinski definition) is 5. The lowest BCUT2D eigenvalue weighted by molar-refractivity contribution is -0.115. The summed E-state index contributed by atoms with van der Waals surface area (Å²) in [5.74, 6) is -0.328. The number of thioether (sulfide) groups is 1. The second-order valence-corrected chi connectivity index (χ2v) is 9.45. The van der Waals surface area contributed by atoms with Crippen molar-refractivity contribution in [2.45, 2.75) is 37.5 Å². The molecule has 1 atom stereocenters. The van der Waals surface area contributed by atoms with E-state index in [0.717, 1.165) is 43.2 Å². The minimum atomic E-state index is -0.306. The van der Waals surface area contributed by atoms with Gasteiger partial charge in [-0.05, 0) is 61.2 Å². The van der Waals surface area contributed by atoms with Gasteiger partial charge in [0, 0.05) is 16.6 Å². The van der Waals surface area contributed by atoms with Gasteiger partial charge in [0.05, 0.1) is 10.6 Å². The Balaban J connectivity index is 1.64. The average Bonchev–Trinajstić information content (AvgIpc) is 3.16. The highest BCUT2D eigenvalue weighted by atomic mass is 32.2. The largest absolute Gasteiger partial charge is 0.325 e. The van der Waals surface area contributed by atoms with Crippen molar-refractivity contribution in [2.24, 2.45) is 0 Å². The molecule has 0 aliphatic carbocycles. The van der Waals surface area contributed by atoms with Crippen LogP contribution in [0.15, 0.2) is 59.2 Å². The maximum absolute atomic E-state index is 13.4. The second kappa shape index (κ2) is 9.16. The molecule has 2 aromatic heterocycles. The van der Waals surface area contributed by atoms with Gasteiger partial charge in [-0.1, -0.05) is 36.9 Å². The van der Waals surface area contributed by atoms with Gasteiger partial charge >= 0.3 is 0 Å². The van der Waals surface area contributed by atoms with Gasteiger partial charge in [-0.15, -0.1) is 11.3 Å². The maximum atomic E-state index is 13.4. The van der Waals surface area contributed by atoms with E-state index in [4.69, 9.17) is 0 Å². The minimum Gasteiger partial charge on any atom is -0.325 e. The lowest BCUT2D eigenvalue weighted by Gasteiger charge is -2.16. The number of nitrogens with one attached hydrogen (secondary N) is 1. The minimum absolute atomic E-state index is 0.0529. The molecule has 0 saturated carbocycles. The summed E-state index contributed by atoms with van der Waals surface area (Å²) in [7, 11) is 0. The molecule has 1 unspecified atom stereocenters. The Bertz CT molecular complexity index is 1220. The van der Waals surface area contributed by atoms with Crippen LogP contribution in [0.4, 0.5) is 10.1 Å². The van der Waals surface area contributed by atoms with Crippen molar-refractivity contribution in [1.29, 1.82) is 0 Å².